The van der Waals surface area contributed by atoms with E-state index in [0.29, 0.717) is 31.2 Å². The van der Waals surface area contributed by atoms with Gasteiger partial charge in [-0.15, -0.1) is 0 Å². The van der Waals surface area contributed by atoms with Gasteiger partial charge in [0.25, 0.3) is 0 Å². The maximum atomic E-state index is 13.2. The summed E-state index contributed by atoms with van der Waals surface area (Å²) in [5, 5.41) is 0. The molecule has 0 atom stereocenters. The molecule has 1 aromatic rings. The summed E-state index contributed by atoms with van der Waals surface area (Å²) in [5.74, 6) is -0.375. The van der Waals surface area contributed by atoms with Gasteiger partial charge in [0.05, 0.1) is 6.61 Å². The SMILES string of the molecule is CCC(CC)N(CCOC)CCC(=O)c1cccc(F)c1. The van der Waals surface area contributed by atoms with Crippen LogP contribution in [0.25, 0.3) is 0 Å². The van der Waals surface area contributed by atoms with E-state index in [-0.39, 0.29) is 11.6 Å². The third-order valence-electron chi connectivity index (χ3n) is 3.81. The molecule has 0 fully saturated rings. The fourth-order valence-electron chi connectivity index (χ4n) is 2.54. The molecule has 0 aliphatic carbocycles. The van der Waals surface area contributed by atoms with Crippen LogP contribution in [0.5, 0.6) is 0 Å². The number of hydrogen-bond donors (Lipinski definition) is 0. The molecular formula is C17H26FNO2. The van der Waals surface area contributed by atoms with E-state index in [9.17, 15) is 9.18 Å². The summed E-state index contributed by atoms with van der Waals surface area (Å²) >= 11 is 0. The van der Waals surface area contributed by atoms with E-state index in [1.807, 2.05) is 0 Å². The number of nitrogens with zero attached hydrogens (tertiary/aromatic N) is 1. The second kappa shape index (κ2) is 9.64. The number of halogens is 1. The van der Waals surface area contributed by atoms with Crippen molar-refractivity contribution in [2.24, 2.45) is 0 Å². The molecule has 0 amide bonds. The van der Waals surface area contributed by atoms with Crippen molar-refractivity contribution in [2.45, 2.75) is 39.2 Å². The summed E-state index contributed by atoms with van der Waals surface area (Å²) in [6.07, 6.45) is 2.51. The van der Waals surface area contributed by atoms with Crippen LogP contribution >= 0.6 is 0 Å². The lowest BCUT2D eigenvalue weighted by Gasteiger charge is -2.30. The number of rotatable bonds is 10. The van der Waals surface area contributed by atoms with Gasteiger partial charge in [0.1, 0.15) is 5.82 Å². The number of ketones is 1. The zero-order chi connectivity index (χ0) is 15.7. The van der Waals surface area contributed by atoms with Gasteiger partial charge in [-0.3, -0.25) is 9.69 Å². The summed E-state index contributed by atoms with van der Waals surface area (Å²) < 4.78 is 18.3. The van der Waals surface area contributed by atoms with Gasteiger partial charge in [0.15, 0.2) is 5.78 Å². The molecule has 0 saturated carbocycles. The van der Waals surface area contributed by atoms with Gasteiger partial charge in [-0.1, -0.05) is 26.0 Å². The number of ether oxygens (including phenoxy) is 1. The molecule has 0 bridgehead atoms. The molecule has 0 N–H and O–H groups in total. The molecule has 0 radical (unpaired) electrons. The molecule has 1 aromatic carbocycles. The highest BCUT2D eigenvalue weighted by Gasteiger charge is 2.16. The Morgan fingerprint density at radius 3 is 2.57 bits per heavy atom. The molecule has 3 nitrogen and oxygen atoms in total. The fourth-order valence-corrected chi connectivity index (χ4v) is 2.54. The first-order valence-corrected chi connectivity index (χ1v) is 7.64. The topological polar surface area (TPSA) is 29.5 Å². The molecule has 0 aliphatic rings. The first-order chi connectivity index (χ1) is 10.1. The summed E-state index contributed by atoms with van der Waals surface area (Å²) in [4.78, 5) is 14.4. The van der Waals surface area contributed by atoms with E-state index in [1.165, 1.54) is 12.1 Å². The zero-order valence-electron chi connectivity index (χ0n) is 13.3. The van der Waals surface area contributed by atoms with Gasteiger partial charge >= 0.3 is 0 Å². The Labute approximate surface area is 127 Å². The largest absolute Gasteiger partial charge is 0.383 e. The first-order valence-electron chi connectivity index (χ1n) is 7.64. The highest BCUT2D eigenvalue weighted by Crippen LogP contribution is 2.12. The predicted octanol–water partition coefficient (Wildman–Crippen LogP) is 3.54. The molecule has 0 spiro atoms. The lowest BCUT2D eigenvalue weighted by Crippen LogP contribution is -2.38. The van der Waals surface area contributed by atoms with Crippen LogP contribution in [0.4, 0.5) is 4.39 Å². The quantitative estimate of drug-likeness (QED) is 0.618. The second-order valence-electron chi connectivity index (χ2n) is 5.18. The fraction of sp³-hybridized carbons (Fsp3) is 0.588. The molecule has 1 rings (SSSR count). The van der Waals surface area contributed by atoms with Gasteiger partial charge in [-0.05, 0) is 25.0 Å². The highest BCUT2D eigenvalue weighted by molar-refractivity contribution is 5.96. The third kappa shape index (κ3) is 5.94. The van der Waals surface area contributed by atoms with E-state index in [4.69, 9.17) is 4.74 Å². The maximum absolute atomic E-state index is 13.2. The Morgan fingerprint density at radius 2 is 2.00 bits per heavy atom. The molecular weight excluding hydrogens is 269 g/mol. The number of carbonyl (C=O) groups is 1. The van der Waals surface area contributed by atoms with E-state index < -0.39 is 0 Å². The minimum atomic E-state index is -0.364. The minimum Gasteiger partial charge on any atom is -0.383 e. The Morgan fingerprint density at radius 1 is 1.29 bits per heavy atom. The standard InChI is InChI=1S/C17H26FNO2/c1-4-16(5-2)19(11-12-21-3)10-9-17(20)14-7-6-8-15(18)13-14/h6-8,13,16H,4-5,9-12H2,1-3H3. The van der Waals surface area contributed by atoms with Crippen molar-refractivity contribution in [3.63, 3.8) is 0 Å². The van der Waals surface area contributed by atoms with Crippen LogP contribution in [0.3, 0.4) is 0 Å². The van der Waals surface area contributed by atoms with Crippen LogP contribution in [0.15, 0.2) is 24.3 Å². The predicted molar refractivity (Wildman–Crippen MR) is 83.2 cm³/mol. The van der Waals surface area contributed by atoms with Crippen molar-refractivity contribution in [3.05, 3.63) is 35.6 Å². The normalized spacial score (nSPS) is 11.3. The Kier molecular flexibility index (Phi) is 8.16. The molecule has 0 aliphatic heterocycles. The summed E-state index contributed by atoms with van der Waals surface area (Å²) in [6.45, 7) is 6.47. The van der Waals surface area contributed by atoms with Gasteiger partial charge < -0.3 is 4.74 Å². The lowest BCUT2D eigenvalue weighted by atomic mass is 10.1. The Hall–Kier alpha value is -1.26. The summed E-state index contributed by atoms with van der Waals surface area (Å²) in [5.41, 5.74) is 0.450. The monoisotopic (exact) mass is 295 g/mol. The number of Topliss-reactive ketones (excluding diaryl/α,β-unsaturated/α-hetero) is 1. The van der Waals surface area contributed by atoms with E-state index in [0.717, 1.165) is 19.4 Å². The molecule has 118 valence electrons. The maximum Gasteiger partial charge on any atom is 0.164 e. The van der Waals surface area contributed by atoms with Gasteiger partial charge in [0, 0.05) is 38.2 Å². The molecule has 0 saturated heterocycles. The van der Waals surface area contributed by atoms with Crippen molar-refractivity contribution in [1.82, 2.24) is 4.90 Å². The summed E-state index contributed by atoms with van der Waals surface area (Å²) in [7, 11) is 1.68. The summed E-state index contributed by atoms with van der Waals surface area (Å²) in [6, 6.07) is 6.36. The first kappa shape index (κ1) is 17.8. The number of carbonyl (C=O) groups excluding carboxylic acids is 1. The molecule has 0 heterocycles. The van der Waals surface area contributed by atoms with Gasteiger partial charge in [-0.2, -0.15) is 0 Å². The molecule has 4 heteroatoms. The average molecular weight is 295 g/mol. The van der Waals surface area contributed by atoms with Crippen molar-refractivity contribution >= 4 is 5.78 Å². The minimum absolute atomic E-state index is 0.0112. The van der Waals surface area contributed by atoms with Crippen molar-refractivity contribution in [1.29, 1.82) is 0 Å². The average Bonchev–Trinajstić information content (AvgIpc) is 2.50. The van der Waals surface area contributed by atoms with Gasteiger partial charge in [0.2, 0.25) is 0 Å². The second-order valence-corrected chi connectivity index (χ2v) is 5.18. The zero-order valence-corrected chi connectivity index (χ0v) is 13.3. The lowest BCUT2D eigenvalue weighted by molar-refractivity contribution is 0.0898. The Balaban J connectivity index is 2.60. The van der Waals surface area contributed by atoms with Crippen LogP contribution in [0, 0.1) is 5.82 Å². The van der Waals surface area contributed by atoms with E-state index in [2.05, 4.69) is 18.7 Å². The van der Waals surface area contributed by atoms with Gasteiger partial charge in [-0.25, -0.2) is 4.39 Å². The smallest absolute Gasteiger partial charge is 0.164 e. The molecule has 0 aromatic heterocycles. The van der Waals surface area contributed by atoms with Crippen LogP contribution in [-0.2, 0) is 4.74 Å². The molecule has 21 heavy (non-hydrogen) atoms. The van der Waals surface area contributed by atoms with Crippen molar-refractivity contribution in [2.75, 3.05) is 26.8 Å². The van der Waals surface area contributed by atoms with Crippen LogP contribution in [0.2, 0.25) is 0 Å². The van der Waals surface area contributed by atoms with Crippen LogP contribution in [-0.4, -0.2) is 43.5 Å². The van der Waals surface area contributed by atoms with E-state index in [1.54, 1.807) is 19.2 Å². The number of methoxy groups -OCH3 is 1. The van der Waals surface area contributed by atoms with Crippen LogP contribution < -0.4 is 0 Å². The number of benzene rings is 1. The Bertz CT molecular complexity index is 433. The van der Waals surface area contributed by atoms with E-state index >= 15 is 0 Å². The number of hydrogen-bond acceptors (Lipinski definition) is 3. The third-order valence-corrected chi connectivity index (χ3v) is 3.81. The van der Waals surface area contributed by atoms with Crippen molar-refractivity contribution in [3.8, 4) is 0 Å². The molecule has 0 unspecified atom stereocenters. The van der Waals surface area contributed by atoms with Crippen molar-refractivity contribution < 1.29 is 13.9 Å². The highest BCUT2D eigenvalue weighted by atomic mass is 19.1. The van der Waals surface area contributed by atoms with Crippen LogP contribution in [0.1, 0.15) is 43.5 Å².